The van der Waals surface area contributed by atoms with Crippen molar-refractivity contribution >= 4 is 11.3 Å². The number of likely N-dealkylation sites (tertiary alicyclic amines) is 1. The number of hydrogen-bond acceptors (Lipinski definition) is 3. The van der Waals surface area contributed by atoms with Gasteiger partial charge in [0.05, 0.1) is 0 Å². The second-order valence-electron chi connectivity index (χ2n) is 5.62. The van der Waals surface area contributed by atoms with E-state index >= 15 is 0 Å². The Balaban J connectivity index is 2.15. The number of piperidine rings is 1. The fourth-order valence-electron chi connectivity index (χ4n) is 3.29. The van der Waals surface area contributed by atoms with Crippen molar-refractivity contribution in [3.63, 3.8) is 0 Å². The largest absolute Gasteiger partial charge is 0.396 e. The highest BCUT2D eigenvalue weighted by Crippen LogP contribution is 2.37. The predicted molar refractivity (Wildman–Crippen MR) is 83.2 cm³/mol. The molecule has 0 aliphatic carbocycles. The van der Waals surface area contributed by atoms with Crippen LogP contribution in [0.1, 0.15) is 54.8 Å². The maximum atomic E-state index is 9.26. The average molecular weight is 281 g/mol. The van der Waals surface area contributed by atoms with E-state index in [-0.39, 0.29) is 6.61 Å². The molecule has 2 atom stereocenters. The Morgan fingerprint density at radius 1 is 1.42 bits per heavy atom. The molecule has 1 aliphatic heterocycles. The number of nitrogens with zero attached hydrogens (tertiary/aromatic N) is 1. The molecular formula is C16H27NOS. The quantitative estimate of drug-likeness (QED) is 0.894. The molecule has 0 spiro atoms. The van der Waals surface area contributed by atoms with Gasteiger partial charge in [0, 0.05) is 28.8 Å². The molecule has 2 unspecified atom stereocenters. The van der Waals surface area contributed by atoms with Gasteiger partial charge >= 0.3 is 0 Å². The lowest BCUT2D eigenvalue weighted by Gasteiger charge is -2.37. The summed E-state index contributed by atoms with van der Waals surface area (Å²) in [5.74, 6) is 0.705. The highest BCUT2D eigenvalue weighted by Gasteiger charge is 2.27. The van der Waals surface area contributed by atoms with Gasteiger partial charge in [-0.25, -0.2) is 0 Å². The molecule has 0 saturated carbocycles. The van der Waals surface area contributed by atoms with Crippen LogP contribution >= 0.6 is 11.3 Å². The molecule has 19 heavy (non-hydrogen) atoms. The van der Waals surface area contributed by atoms with Gasteiger partial charge in [0.15, 0.2) is 0 Å². The van der Waals surface area contributed by atoms with Crippen molar-refractivity contribution in [3.05, 3.63) is 21.4 Å². The molecule has 1 aliphatic rings. The van der Waals surface area contributed by atoms with Crippen LogP contribution in [0.25, 0.3) is 0 Å². The molecule has 108 valence electrons. The first-order chi connectivity index (χ1) is 9.19. The predicted octanol–water partition coefficient (Wildman–Crippen LogP) is 3.43. The highest BCUT2D eigenvalue weighted by atomic mass is 32.1. The first-order valence-corrected chi connectivity index (χ1v) is 8.47. The molecule has 3 heteroatoms. The van der Waals surface area contributed by atoms with Crippen molar-refractivity contribution in [2.75, 3.05) is 19.7 Å². The third kappa shape index (κ3) is 3.39. The third-order valence-corrected chi connectivity index (χ3v) is 5.79. The molecule has 1 aromatic rings. The topological polar surface area (TPSA) is 23.5 Å². The Morgan fingerprint density at radius 3 is 2.79 bits per heavy atom. The number of aryl methyl sites for hydroxylation is 1. The van der Waals surface area contributed by atoms with Gasteiger partial charge in [-0.3, -0.25) is 0 Å². The minimum absolute atomic E-state index is 0.278. The fourth-order valence-corrected chi connectivity index (χ4v) is 4.47. The molecule has 2 rings (SSSR count). The normalized spacial score (nSPS) is 24.8. The Bertz CT molecular complexity index is 401. The Morgan fingerprint density at radius 2 is 2.21 bits per heavy atom. The van der Waals surface area contributed by atoms with Gasteiger partial charge in [0.25, 0.3) is 0 Å². The van der Waals surface area contributed by atoms with Crippen molar-refractivity contribution in [2.45, 2.75) is 58.4 Å². The third-order valence-electron chi connectivity index (χ3n) is 4.44. The molecule has 1 aromatic heterocycles. The summed E-state index contributed by atoms with van der Waals surface area (Å²) in [6.07, 6.45) is 4.50. The molecule has 1 fully saturated rings. The van der Waals surface area contributed by atoms with Gasteiger partial charge in [-0.1, -0.05) is 13.8 Å². The van der Waals surface area contributed by atoms with Crippen LogP contribution in [0.2, 0.25) is 0 Å². The summed E-state index contributed by atoms with van der Waals surface area (Å²) in [5, 5.41) is 9.26. The van der Waals surface area contributed by atoms with E-state index in [9.17, 15) is 5.11 Å². The van der Waals surface area contributed by atoms with E-state index in [1.807, 2.05) is 11.3 Å². The van der Waals surface area contributed by atoms with E-state index in [4.69, 9.17) is 0 Å². The molecule has 0 aromatic carbocycles. The summed E-state index contributed by atoms with van der Waals surface area (Å²) in [6.45, 7) is 9.50. The van der Waals surface area contributed by atoms with Crippen LogP contribution in [-0.4, -0.2) is 35.7 Å². The minimum atomic E-state index is 0.278. The Labute approximate surface area is 121 Å². The maximum Gasteiger partial charge on any atom is 0.0479 e. The Kier molecular flexibility index (Phi) is 5.43. The van der Waals surface area contributed by atoms with E-state index < -0.39 is 0 Å². The van der Waals surface area contributed by atoms with Crippen LogP contribution < -0.4 is 0 Å². The van der Waals surface area contributed by atoms with E-state index in [1.54, 1.807) is 5.56 Å². The lowest BCUT2D eigenvalue weighted by Crippen LogP contribution is -2.39. The lowest BCUT2D eigenvalue weighted by molar-refractivity contribution is 0.154. The number of hydrogen-bond donors (Lipinski definition) is 1. The lowest BCUT2D eigenvalue weighted by atomic mass is 9.85. The first-order valence-electron chi connectivity index (χ1n) is 7.65. The number of aliphatic hydroxyl groups excluding tert-OH is 1. The summed E-state index contributed by atoms with van der Waals surface area (Å²) in [7, 11) is 0. The second kappa shape index (κ2) is 6.87. The van der Waals surface area contributed by atoms with Crippen LogP contribution in [0, 0.1) is 0 Å². The summed E-state index contributed by atoms with van der Waals surface area (Å²) in [5.41, 5.74) is 1.54. The van der Waals surface area contributed by atoms with E-state index in [2.05, 4.69) is 31.7 Å². The zero-order valence-corrected chi connectivity index (χ0v) is 13.3. The van der Waals surface area contributed by atoms with Gasteiger partial charge in [-0.2, -0.15) is 0 Å². The molecular weight excluding hydrogens is 254 g/mol. The van der Waals surface area contributed by atoms with E-state index in [1.165, 1.54) is 35.7 Å². The average Bonchev–Trinajstić information content (AvgIpc) is 2.82. The molecule has 1 N–H and O–H groups in total. The van der Waals surface area contributed by atoms with E-state index in [0.29, 0.717) is 12.0 Å². The van der Waals surface area contributed by atoms with Crippen molar-refractivity contribution in [1.82, 2.24) is 4.90 Å². The zero-order chi connectivity index (χ0) is 13.8. The monoisotopic (exact) mass is 281 g/mol. The smallest absolute Gasteiger partial charge is 0.0479 e. The molecule has 2 heterocycles. The first kappa shape index (κ1) is 15.0. The summed E-state index contributed by atoms with van der Waals surface area (Å²) in [6, 6.07) is 3.10. The van der Waals surface area contributed by atoms with E-state index in [0.717, 1.165) is 12.8 Å². The van der Waals surface area contributed by atoms with Crippen molar-refractivity contribution in [1.29, 1.82) is 0 Å². The van der Waals surface area contributed by atoms with Crippen molar-refractivity contribution < 1.29 is 5.11 Å². The number of rotatable bonds is 5. The van der Waals surface area contributed by atoms with Crippen LogP contribution in [0.5, 0.6) is 0 Å². The summed E-state index contributed by atoms with van der Waals surface area (Å²) in [4.78, 5) is 5.49. The van der Waals surface area contributed by atoms with Gasteiger partial charge in [-0.15, -0.1) is 11.3 Å². The summed E-state index contributed by atoms with van der Waals surface area (Å²) >= 11 is 1.91. The van der Waals surface area contributed by atoms with Gasteiger partial charge in [0.1, 0.15) is 0 Å². The highest BCUT2D eigenvalue weighted by molar-refractivity contribution is 7.12. The molecule has 0 radical (unpaired) electrons. The van der Waals surface area contributed by atoms with Crippen LogP contribution in [0.4, 0.5) is 0 Å². The fraction of sp³-hybridized carbons (Fsp3) is 0.750. The zero-order valence-electron chi connectivity index (χ0n) is 12.5. The van der Waals surface area contributed by atoms with Crippen LogP contribution in [0.15, 0.2) is 6.07 Å². The van der Waals surface area contributed by atoms with Gasteiger partial charge < -0.3 is 10.0 Å². The van der Waals surface area contributed by atoms with Crippen LogP contribution in [-0.2, 0) is 12.8 Å². The van der Waals surface area contributed by atoms with Gasteiger partial charge in [0.2, 0.25) is 0 Å². The number of aliphatic hydroxyl groups is 1. The molecule has 2 nitrogen and oxygen atoms in total. The summed E-state index contributed by atoms with van der Waals surface area (Å²) < 4.78 is 0. The van der Waals surface area contributed by atoms with Gasteiger partial charge in [-0.05, 0) is 56.8 Å². The maximum absolute atomic E-state index is 9.26. The van der Waals surface area contributed by atoms with Crippen molar-refractivity contribution in [3.8, 4) is 0 Å². The molecule has 1 saturated heterocycles. The Hall–Kier alpha value is -0.380. The second-order valence-corrected chi connectivity index (χ2v) is 6.84. The number of thiophene rings is 1. The SMILES string of the molecule is CCc1cc(C2CCN(CC)C(C)C2)c(CCO)s1. The molecule has 0 amide bonds. The van der Waals surface area contributed by atoms with Crippen molar-refractivity contribution in [2.24, 2.45) is 0 Å². The molecule has 0 bridgehead atoms. The van der Waals surface area contributed by atoms with Crippen LogP contribution in [0.3, 0.4) is 0 Å². The standard InChI is InChI=1S/C16H27NOS/c1-4-14-11-15(16(19-14)7-9-18)13-6-8-17(5-2)12(3)10-13/h11-13,18H,4-10H2,1-3H3. The minimum Gasteiger partial charge on any atom is -0.396 e.